The maximum absolute atomic E-state index is 12.2. The number of fused-ring (bicyclic) bond motifs is 1. The summed E-state index contributed by atoms with van der Waals surface area (Å²) in [6.45, 7) is 4.29. The molecule has 1 aliphatic rings. The van der Waals surface area contributed by atoms with E-state index in [0.717, 1.165) is 24.8 Å². The number of amides is 1. The van der Waals surface area contributed by atoms with E-state index in [2.05, 4.69) is 28.7 Å². The minimum atomic E-state index is -0.120. The van der Waals surface area contributed by atoms with Crippen LogP contribution >= 0.6 is 11.3 Å². The van der Waals surface area contributed by atoms with Gasteiger partial charge in [-0.2, -0.15) is 10.4 Å². The SMILES string of the molecule is C[C@H]([C@@H](C)NCC(=O)Nc1sc2c(c1C#N)CCC2)n1cccn1. The van der Waals surface area contributed by atoms with Gasteiger partial charge in [0, 0.05) is 23.3 Å². The average molecular weight is 343 g/mol. The van der Waals surface area contributed by atoms with Crippen LogP contribution in [-0.4, -0.2) is 28.3 Å². The van der Waals surface area contributed by atoms with E-state index in [0.29, 0.717) is 10.6 Å². The lowest BCUT2D eigenvalue weighted by Gasteiger charge is -2.21. The summed E-state index contributed by atoms with van der Waals surface area (Å²) in [6.07, 6.45) is 6.72. The molecule has 2 atom stereocenters. The third kappa shape index (κ3) is 3.35. The Kier molecular flexibility index (Phi) is 4.97. The number of aryl methyl sites for hydroxylation is 1. The van der Waals surface area contributed by atoms with Gasteiger partial charge in [0.1, 0.15) is 11.1 Å². The van der Waals surface area contributed by atoms with Gasteiger partial charge in [0.25, 0.3) is 0 Å². The number of thiophene rings is 1. The second-order valence-corrected chi connectivity index (χ2v) is 7.22. The highest BCUT2D eigenvalue weighted by Crippen LogP contribution is 2.38. The number of anilines is 1. The second-order valence-electron chi connectivity index (χ2n) is 6.12. The molecule has 0 fully saturated rings. The summed E-state index contributed by atoms with van der Waals surface area (Å²) in [7, 11) is 0. The van der Waals surface area contributed by atoms with Gasteiger partial charge in [0.2, 0.25) is 5.91 Å². The maximum Gasteiger partial charge on any atom is 0.238 e. The van der Waals surface area contributed by atoms with Crippen molar-refractivity contribution in [2.75, 3.05) is 11.9 Å². The van der Waals surface area contributed by atoms with E-state index < -0.39 is 0 Å². The van der Waals surface area contributed by atoms with Crippen molar-refractivity contribution in [3.63, 3.8) is 0 Å². The predicted octanol–water partition coefficient (Wildman–Crippen LogP) is 2.48. The van der Waals surface area contributed by atoms with E-state index in [1.165, 1.54) is 4.88 Å². The summed E-state index contributed by atoms with van der Waals surface area (Å²) < 4.78 is 1.87. The van der Waals surface area contributed by atoms with Crippen molar-refractivity contribution in [3.05, 3.63) is 34.5 Å². The molecule has 2 aromatic heterocycles. The standard InChI is InChI=1S/C17H21N5OS/c1-11(12(2)22-8-4-7-20-22)19-10-16(23)21-17-14(9-18)13-5-3-6-15(13)24-17/h4,7-8,11-12,19H,3,5-6,10H2,1-2H3,(H,21,23)/t11-,12-/m1/s1. The molecule has 0 bridgehead atoms. The summed E-state index contributed by atoms with van der Waals surface area (Å²) >= 11 is 1.54. The van der Waals surface area contributed by atoms with E-state index in [1.54, 1.807) is 17.5 Å². The molecule has 0 spiro atoms. The minimum absolute atomic E-state index is 0.0967. The first-order chi connectivity index (χ1) is 11.6. The molecule has 126 valence electrons. The lowest BCUT2D eigenvalue weighted by atomic mass is 10.1. The number of carbonyl (C=O) groups excluding carboxylic acids is 1. The van der Waals surface area contributed by atoms with E-state index in [9.17, 15) is 10.1 Å². The average Bonchev–Trinajstić information content (AvgIpc) is 3.28. The largest absolute Gasteiger partial charge is 0.315 e. The van der Waals surface area contributed by atoms with Crippen molar-refractivity contribution in [2.24, 2.45) is 0 Å². The third-order valence-corrected chi connectivity index (χ3v) is 5.74. The fraction of sp³-hybridized carbons (Fsp3) is 0.471. The lowest BCUT2D eigenvalue weighted by molar-refractivity contribution is -0.115. The van der Waals surface area contributed by atoms with Crippen LogP contribution in [0.25, 0.3) is 0 Å². The third-order valence-electron chi connectivity index (χ3n) is 4.54. The van der Waals surface area contributed by atoms with Crippen LogP contribution in [0.1, 0.15) is 42.3 Å². The number of hydrogen-bond donors (Lipinski definition) is 2. The van der Waals surface area contributed by atoms with E-state index in [4.69, 9.17) is 0 Å². The maximum atomic E-state index is 12.2. The molecule has 0 aliphatic heterocycles. The van der Waals surface area contributed by atoms with E-state index in [1.807, 2.05) is 23.9 Å². The summed E-state index contributed by atoms with van der Waals surface area (Å²) in [5, 5.41) is 20.4. The zero-order valence-electron chi connectivity index (χ0n) is 13.9. The Morgan fingerprint density at radius 3 is 3.04 bits per heavy atom. The molecule has 6 nitrogen and oxygen atoms in total. The topological polar surface area (TPSA) is 82.7 Å². The van der Waals surface area contributed by atoms with Gasteiger partial charge < -0.3 is 10.6 Å². The molecule has 24 heavy (non-hydrogen) atoms. The van der Waals surface area contributed by atoms with Gasteiger partial charge in [0.05, 0.1) is 18.2 Å². The van der Waals surface area contributed by atoms with E-state index >= 15 is 0 Å². The molecule has 2 heterocycles. The molecule has 0 radical (unpaired) electrons. The molecule has 2 N–H and O–H groups in total. The quantitative estimate of drug-likeness (QED) is 0.844. The highest BCUT2D eigenvalue weighted by atomic mass is 32.1. The Labute approximate surface area is 145 Å². The van der Waals surface area contributed by atoms with Crippen molar-refractivity contribution >= 4 is 22.2 Å². The highest BCUT2D eigenvalue weighted by Gasteiger charge is 2.23. The second kappa shape index (κ2) is 7.16. The molecule has 2 aromatic rings. The monoisotopic (exact) mass is 343 g/mol. The normalized spacial score (nSPS) is 15.5. The fourth-order valence-corrected chi connectivity index (χ4v) is 4.21. The first kappa shape index (κ1) is 16.7. The zero-order valence-corrected chi connectivity index (χ0v) is 14.7. The van der Waals surface area contributed by atoms with Crippen LogP contribution in [0.15, 0.2) is 18.5 Å². The summed E-state index contributed by atoms with van der Waals surface area (Å²) in [6, 6.07) is 4.37. The van der Waals surface area contributed by atoms with Gasteiger partial charge in [-0.15, -0.1) is 11.3 Å². The van der Waals surface area contributed by atoms with Crippen LogP contribution < -0.4 is 10.6 Å². The molecule has 3 rings (SSSR count). The van der Waals surface area contributed by atoms with Gasteiger partial charge >= 0.3 is 0 Å². The van der Waals surface area contributed by atoms with Crippen molar-refractivity contribution < 1.29 is 4.79 Å². The fourth-order valence-electron chi connectivity index (χ4n) is 2.96. The molecule has 0 unspecified atom stereocenters. The molecule has 7 heteroatoms. The Hall–Kier alpha value is -2.17. The van der Waals surface area contributed by atoms with Crippen molar-refractivity contribution in [3.8, 4) is 6.07 Å². The molecular weight excluding hydrogens is 322 g/mol. The van der Waals surface area contributed by atoms with Crippen LogP contribution in [-0.2, 0) is 17.6 Å². The smallest absolute Gasteiger partial charge is 0.238 e. The number of hydrogen-bond acceptors (Lipinski definition) is 5. The van der Waals surface area contributed by atoms with Gasteiger partial charge in [-0.3, -0.25) is 9.48 Å². The number of nitrogens with zero attached hydrogens (tertiary/aromatic N) is 3. The van der Waals surface area contributed by atoms with E-state index in [-0.39, 0.29) is 24.5 Å². The molecule has 0 saturated carbocycles. The van der Waals surface area contributed by atoms with Crippen LogP contribution in [0, 0.1) is 11.3 Å². The van der Waals surface area contributed by atoms with Crippen molar-refractivity contribution in [2.45, 2.75) is 45.2 Å². The van der Waals surface area contributed by atoms with Gasteiger partial charge in [-0.25, -0.2) is 0 Å². The number of rotatable bonds is 6. The first-order valence-corrected chi connectivity index (χ1v) is 8.98. The predicted molar refractivity (Wildman–Crippen MR) is 94.1 cm³/mol. The van der Waals surface area contributed by atoms with Crippen molar-refractivity contribution in [1.82, 2.24) is 15.1 Å². The Morgan fingerprint density at radius 2 is 2.33 bits per heavy atom. The minimum Gasteiger partial charge on any atom is -0.315 e. The number of nitrogens with one attached hydrogen (secondary N) is 2. The van der Waals surface area contributed by atoms with Crippen LogP contribution in [0.2, 0.25) is 0 Å². The van der Waals surface area contributed by atoms with Gasteiger partial charge in [-0.1, -0.05) is 0 Å². The summed E-state index contributed by atoms with van der Waals surface area (Å²) in [4.78, 5) is 13.5. The van der Waals surface area contributed by atoms with Crippen LogP contribution in [0.4, 0.5) is 5.00 Å². The van der Waals surface area contributed by atoms with Gasteiger partial charge in [-0.05, 0) is 44.7 Å². The number of nitriles is 1. The van der Waals surface area contributed by atoms with Crippen LogP contribution in [0.3, 0.4) is 0 Å². The summed E-state index contributed by atoms with van der Waals surface area (Å²) in [5.74, 6) is -0.120. The number of aromatic nitrogens is 2. The Bertz CT molecular complexity index is 759. The molecule has 0 saturated heterocycles. The highest BCUT2D eigenvalue weighted by molar-refractivity contribution is 7.16. The number of carbonyl (C=O) groups is 1. The molecule has 1 aliphatic carbocycles. The molecule has 0 aromatic carbocycles. The Balaban J connectivity index is 1.56. The van der Waals surface area contributed by atoms with Crippen molar-refractivity contribution in [1.29, 1.82) is 5.26 Å². The molecular formula is C17H21N5OS. The molecule has 1 amide bonds. The summed E-state index contributed by atoms with van der Waals surface area (Å²) in [5.41, 5.74) is 1.78. The zero-order chi connectivity index (χ0) is 17.1. The Morgan fingerprint density at radius 1 is 1.50 bits per heavy atom. The lowest BCUT2D eigenvalue weighted by Crippen LogP contribution is -2.39. The first-order valence-electron chi connectivity index (χ1n) is 8.17. The van der Waals surface area contributed by atoms with Gasteiger partial charge in [0.15, 0.2) is 0 Å². The van der Waals surface area contributed by atoms with Crippen LogP contribution in [0.5, 0.6) is 0 Å².